The lowest BCUT2D eigenvalue weighted by atomic mass is 10.2. The Morgan fingerprint density at radius 1 is 1.41 bits per heavy atom. The van der Waals surface area contributed by atoms with Gasteiger partial charge in [0.05, 0.1) is 6.61 Å². The summed E-state index contributed by atoms with van der Waals surface area (Å²) in [6.07, 6.45) is 4.41. The number of rotatable bonds is 7. The largest absolute Gasteiger partial charge is 0.395 e. The highest BCUT2D eigenvalue weighted by atomic mass is 16.5. The number of carbonyl (C=O) groups excluding carboxylic acids is 1. The first-order chi connectivity index (χ1) is 10.8. The topological polar surface area (TPSA) is 92.3 Å². The van der Waals surface area contributed by atoms with E-state index in [1.807, 2.05) is 12.1 Å². The first-order valence-electron chi connectivity index (χ1n) is 7.42. The molecule has 0 aliphatic heterocycles. The number of nitrogens with zero attached hydrogens (tertiary/aromatic N) is 4. The van der Waals surface area contributed by atoms with Crippen LogP contribution in [0.3, 0.4) is 0 Å². The Kier molecular flexibility index (Phi) is 4.43. The zero-order chi connectivity index (χ0) is 15.4. The summed E-state index contributed by atoms with van der Waals surface area (Å²) in [6.45, 7) is 0.388. The summed E-state index contributed by atoms with van der Waals surface area (Å²) < 4.78 is 5.16. The molecule has 1 aliphatic rings. The molecule has 0 saturated heterocycles. The number of hydrogen-bond acceptors (Lipinski definition) is 6. The normalized spacial score (nSPS) is 14.0. The maximum Gasteiger partial charge on any atom is 0.227 e. The molecule has 1 fully saturated rings. The van der Waals surface area contributed by atoms with E-state index >= 15 is 0 Å². The van der Waals surface area contributed by atoms with E-state index < -0.39 is 0 Å². The summed E-state index contributed by atoms with van der Waals surface area (Å²) in [5, 5.41) is 12.9. The third kappa shape index (κ3) is 3.48. The van der Waals surface area contributed by atoms with Crippen LogP contribution in [0, 0.1) is 0 Å². The van der Waals surface area contributed by atoms with Gasteiger partial charge in [0, 0.05) is 31.6 Å². The van der Waals surface area contributed by atoms with Gasteiger partial charge in [-0.1, -0.05) is 11.2 Å². The van der Waals surface area contributed by atoms with Crippen LogP contribution in [0.15, 0.2) is 28.9 Å². The van der Waals surface area contributed by atoms with Crippen LogP contribution in [-0.4, -0.2) is 50.2 Å². The van der Waals surface area contributed by atoms with Gasteiger partial charge in [-0.15, -0.1) is 0 Å². The second-order valence-electron chi connectivity index (χ2n) is 5.27. The molecule has 7 nitrogen and oxygen atoms in total. The van der Waals surface area contributed by atoms with Gasteiger partial charge in [-0.25, -0.2) is 0 Å². The molecule has 0 radical (unpaired) electrons. The fourth-order valence-electron chi connectivity index (χ4n) is 2.32. The van der Waals surface area contributed by atoms with E-state index in [1.165, 1.54) is 0 Å². The van der Waals surface area contributed by atoms with Gasteiger partial charge < -0.3 is 14.5 Å². The van der Waals surface area contributed by atoms with E-state index in [1.54, 1.807) is 17.2 Å². The van der Waals surface area contributed by atoms with Gasteiger partial charge >= 0.3 is 0 Å². The molecule has 0 unspecified atom stereocenters. The summed E-state index contributed by atoms with van der Waals surface area (Å²) in [5.74, 6) is 0.875. The fraction of sp³-hybridized carbons (Fsp3) is 0.467. The first kappa shape index (κ1) is 14.6. The van der Waals surface area contributed by atoms with Crippen molar-refractivity contribution in [1.82, 2.24) is 20.0 Å². The van der Waals surface area contributed by atoms with Crippen LogP contribution in [0.5, 0.6) is 0 Å². The smallest absolute Gasteiger partial charge is 0.227 e. The number of aliphatic hydroxyl groups is 1. The summed E-state index contributed by atoms with van der Waals surface area (Å²) in [5.41, 5.74) is 0.642. The Bertz CT molecular complexity index is 625. The van der Waals surface area contributed by atoms with E-state index in [0.29, 0.717) is 42.8 Å². The number of aromatic nitrogens is 3. The van der Waals surface area contributed by atoms with E-state index in [2.05, 4.69) is 15.1 Å². The Labute approximate surface area is 128 Å². The zero-order valence-electron chi connectivity index (χ0n) is 12.2. The number of pyridine rings is 1. The lowest BCUT2D eigenvalue weighted by Gasteiger charge is -2.20. The van der Waals surface area contributed by atoms with E-state index in [-0.39, 0.29) is 12.5 Å². The molecule has 0 atom stereocenters. The molecule has 0 spiro atoms. The monoisotopic (exact) mass is 302 g/mol. The Morgan fingerprint density at radius 3 is 2.95 bits per heavy atom. The standard InChI is InChI=1S/C15H18N4O3/c20-10-9-19(11-4-5-11)14(21)7-6-13-17-15(18-22-13)12-3-1-2-8-16-12/h1-3,8,11,20H,4-7,9-10H2. The molecule has 1 N–H and O–H groups in total. The molecule has 1 aliphatic carbocycles. The lowest BCUT2D eigenvalue weighted by Crippen LogP contribution is -2.35. The lowest BCUT2D eigenvalue weighted by molar-refractivity contribution is -0.132. The fourth-order valence-corrected chi connectivity index (χ4v) is 2.32. The second kappa shape index (κ2) is 6.65. The third-order valence-electron chi connectivity index (χ3n) is 3.56. The van der Waals surface area contributed by atoms with Crippen molar-refractivity contribution in [3.8, 4) is 11.5 Å². The molecule has 2 heterocycles. The summed E-state index contributed by atoms with van der Waals surface area (Å²) in [4.78, 5) is 22.3. The van der Waals surface area contributed by atoms with Gasteiger partial charge in [0.25, 0.3) is 0 Å². The van der Waals surface area contributed by atoms with Crippen LogP contribution in [-0.2, 0) is 11.2 Å². The predicted molar refractivity (Wildman–Crippen MR) is 77.7 cm³/mol. The maximum absolute atomic E-state index is 12.2. The van der Waals surface area contributed by atoms with Crippen molar-refractivity contribution in [2.75, 3.05) is 13.2 Å². The Balaban J connectivity index is 1.57. The van der Waals surface area contributed by atoms with Gasteiger partial charge in [-0.2, -0.15) is 4.98 Å². The average molecular weight is 302 g/mol. The van der Waals surface area contributed by atoms with Crippen LogP contribution >= 0.6 is 0 Å². The van der Waals surface area contributed by atoms with E-state index in [4.69, 9.17) is 9.63 Å². The predicted octanol–water partition coefficient (Wildman–Crippen LogP) is 1.05. The van der Waals surface area contributed by atoms with Gasteiger partial charge in [0.1, 0.15) is 5.69 Å². The Morgan fingerprint density at radius 2 is 2.27 bits per heavy atom. The van der Waals surface area contributed by atoms with Gasteiger partial charge in [-0.3, -0.25) is 9.78 Å². The number of carbonyl (C=O) groups is 1. The van der Waals surface area contributed by atoms with Crippen LogP contribution in [0.2, 0.25) is 0 Å². The molecule has 22 heavy (non-hydrogen) atoms. The van der Waals surface area contributed by atoms with Crippen molar-refractivity contribution in [3.63, 3.8) is 0 Å². The number of amides is 1. The minimum atomic E-state index is -0.00732. The third-order valence-corrected chi connectivity index (χ3v) is 3.56. The van der Waals surface area contributed by atoms with Crippen molar-refractivity contribution in [1.29, 1.82) is 0 Å². The van der Waals surface area contributed by atoms with E-state index in [9.17, 15) is 4.79 Å². The highest BCUT2D eigenvalue weighted by Gasteiger charge is 2.31. The molecule has 2 aromatic rings. The molecule has 0 aromatic carbocycles. The van der Waals surface area contributed by atoms with Crippen molar-refractivity contribution in [3.05, 3.63) is 30.3 Å². The van der Waals surface area contributed by atoms with Gasteiger partial charge in [0.15, 0.2) is 0 Å². The maximum atomic E-state index is 12.2. The van der Waals surface area contributed by atoms with Gasteiger partial charge in [-0.05, 0) is 25.0 Å². The minimum absolute atomic E-state index is 0.00732. The molecule has 1 amide bonds. The van der Waals surface area contributed by atoms with Crippen LogP contribution < -0.4 is 0 Å². The molecule has 0 bridgehead atoms. The minimum Gasteiger partial charge on any atom is -0.395 e. The van der Waals surface area contributed by atoms with Crippen molar-refractivity contribution in [2.45, 2.75) is 31.7 Å². The molecule has 2 aromatic heterocycles. The molecule has 3 rings (SSSR count). The SMILES string of the molecule is O=C(CCc1nc(-c2ccccn2)no1)N(CCO)C1CC1. The average Bonchev–Trinajstić information content (AvgIpc) is 3.28. The zero-order valence-corrected chi connectivity index (χ0v) is 12.2. The highest BCUT2D eigenvalue weighted by Crippen LogP contribution is 2.27. The van der Waals surface area contributed by atoms with Crippen LogP contribution in [0.4, 0.5) is 0 Å². The van der Waals surface area contributed by atoms with Crippen molar-refractivity contribution in [2.24, 2.45) is 0 Å². The summed E-state index contributed by atoms with van der Waals surface area (Å²) in [6, 6.07) is 5.77. The molecular weight excluding hydrogens is 284 g/mol. The Hall–Kier alpha value is -2.28. The number of aryl methyl sites for hydroxylation is 1. The molecule has 1 saturated carbocycles. The van der Waals surface area contributed by atoms with E-state index in [0.717, 1.165) is 12.8 Å². The van der Waals surface area contributed by atoms with Crippen LogP contribution in [0.25, 0.3) is 11.5 Å². The van der Waals surface area contributed by atoms with Crippen molar-refractivity contribution < 1.29 is 14.4 Å². The first-order valence-corrected chi connectivity index (χ1v) is 7.42. The molecular formula is C15H18N4O3. The highest BCUT2D eigenvalue weighted by molar-refractivity contribution is 5.77. The summed E-state index contributed by atoms with van der Waals surface area (Å²) >= 11 is 0. The second-order valence-corrected chi connectivity index (χ2v) is 5.27. The van der Waals surface area contributed by atoms with Crippen LogP contribution in [0.1, 0.15) is 25.2 Å². The number of hydrogen-bond donors (Lipinski definition) is 1. The molecule has 116 valence electrons. The number of aliphatic hydroxyl groups excluding tert-OH is 1. The summed E-state index contributed by atoms with van der Waals surface area (Å²) in [7, 11) is 0. The van der Waals surface area contributed by atoms with Gasteiger partial charge in [0.2, 0.25) is 17.6 Å². The molecule has 7 heteroatoms. The quantitative estimate of drug-likeness (QED) is 0.821. The van der Waals surface area contributed by atoms with Crippen molar-refractivity contribution >= 4 is 5.91 Å².